The van der Waals surface area contributed by atoms with E-state index >= 15 is 0 Å². The molecule has 2 aliphatic heterocycles. The van der Waals surface area contributed by atoms with Gasteiger partial charge in [-0.3, -0.25) is 9.89 Å². The van der Waals surface area contributed by atoms with E-state index in [1.807, 2.05) is 4.90 Å². The molecule has 1 aromatic carbocycles. The van der Waals surface area contributed by atoms with Gasteiger partial charge in [-0.15, -0.1) is 6.58 Å². The van der Waals surface area contributed by atoms with Crippen molar-refractivity contribution in [1.29, 1.82) is 0 Å². The molecular weight excluding hydrogens is 360 g/mol. The smallest absolute Gasteiger partial charge is 0.274 e. The van der Waals surface area contributed by atoms with E-state index in [1.54, 1.807) is 0 Å². The highest BCUT2D eigenvalue weighted by atomic mass is 16.2. The molecule has 2 N–H and O–H groups in total. The second-order valence-corrected chi connectivity index (χ2v) is 9.12. The van der Waals surface area contributed by atoms with Crippen molar-refractivity contribution in [2.45, 2.75) is 45.1 Å². The van der Waals surface area contributed by atoms with Gasteiger partial charge in [0, 0.05) is 36.3 Å². The van der Waals surface area contributed by atoms with E-state index in [2.05, 4.69) is 59.4 Å². The van der Waals surface area contributed by atoms with Crippen molar-refractivity contribution in [3.63, 3.8) is 0 Å². The first-order chi connectivity index (χ1) is 14.1. The minimum atomic E-state index is 0.0219. The Morgan fingerprint density at radius 1 is 1.38 bits per heavy atom. The fourth-order valence-corrected chi connectivity index (χ4v) is 5.90. The molecule has 0 bridgehead atoms. The molecule has 5 nitrogen and oxygen atoms in total. The number of H-pyrrole nitrogens is 1. The summed E-state index contributed by atoms with van der Waals surface area (Å²) in [5, 5.41) is 11.0. The lowest BCUT2D eigenvalue weighted by Gasteiger charge is -2.25. The van der Waals surface area contributed by atoms with Gasteiger partial charge in [0.2, 0.25) is 0 Å². The number of fused-ring (bicyclic) bond motifs is 2. The fourth-order valence-electron chi connectivity index (χ4n) is 5.90. The van der Waals surface area contributed by atoms with E-state index in [1.165, 1.54) is 11.1 Å². The number of aromatic nitrogens is 2. The number of likely N-dealkylation sites (tertiary alicyclic amines) is 1. The second kappa shape index (κ2) is 7.13. The normalized spacial score (nSPS) is 28.7. The lowest BCUT2D eigenvalue weighted by Crippen LogP contribution is -2.33. The van der Waals surface area contributed by atoms with E-state index in [0.717, 1.165) is 63.1 Å². The van der Waals surface area contributed by atoms with Crippen molar-refractivity contribution in [2.75, 3.05) is 19.6 Å². The topological polar surface area (TPSA) is 61.0 Å². The van der Waals surface area contributed by atoms with Gasteiger partial charge in [0.05, 0.1) is 0 Å². The van der Waals surface area contributed by atoms with Crippen LogP contribution >= 0.6 is 0 Å². The Morgan fingerprint density at radius 2 is 2.24 bits per heavy atom. The summed E-state index contributed by atoms with van der Waals surface area (Å²) in [5.41, 5.74) is 5.66. The van der Waals surface area contributed by atoms with E-state index in [0.29, 0.717) is 17.5 Å². The minimum Gasteiger partial charge on any atom is -0.336 e. The largest absolute Gasteiger partial charge is 0.336 e. The molecule has 1 saturated heterocycles. The van der Waals surface area contributed by atoms with Gasteiger partial charge < -0.3 is 10.2 Å². The number of rotatable bonds is 3. The van der Waals surface area contributed by atoms with Crippen LogP contribution in [0.25, 0.3) is 0 Å². The molecule has 5 rings (SSSR count). The first-order valence-electron chi connectivity index (χ1n) is 10.9. The predicted molar refractivity (Wildman–Crippen MR) is 114 cm³/mol. The van der Waals surface area contributed by atoms with Gasteiger partial charge in [-0.25, -0.2) is 0 Å². The highest BCUT2D eigenvalue weighted by Gasteiger charge is 2.52. The van der Waals surface area contributed by atoms with Crippen molar-refractivity contribution in [1.82, 2.24) is 20.4 Å². The molecule has 152 valence electrons. The van der Waals surface area contributed by atoms with Crippen LogP contribution in [0.3, 0.4) is 0 Å². The summed E-state index contributed by atoms with van der Waals surface area (Å²) >= 11 is 0. The maximum absolute atomic E-state index is 13.4. The van der Waals surface area contributed by atoms with Crippen molar-refractivity contribution in [3.8, 4) is 0 Å². The van der Waals surface area contributed by atoms with Crippen LogP contribution in [-0.4, -0.2) is 40.6 Å². The van der Waals surface area contributed by atoms with Crippen LogP contribution in [0.2, 0.25) is 0 Å². The summed E-state index contributed by atoms with van der Waals surface area (Å²) in [6, 6.07) is 8.73. The third-order valence-electron chi connectivity index (χ3n) is 7.49. The third kappa shape index (κ3) is 3.03. The fraction of sp³-hybridized carbons (Fsp3) is 0.500. The SMILES string of the molecule is C=CC12CC(c3ccccc3C)CC1CN(C(=O)c1n[nH]c3c1CNCCC3)C2. The van der Waals surface area contributed by atoms with Crippen LogP contribution in [0.15, 0.2) is 36.9 Å². The molecule has 29 heavy (non-hydrogen) atoms. The number of aryl methyl sites for hydroxylation is 2. The predicted octanol–water partition coefficient (Wildman–Crippen LogP) is 3.58. The average Bonchev–Trinajstić information content (AvgIpc) is 3.33. The first-order valence-corrected chi connectivity index (χ1v) is 10.9. The van der Waals surface area contributed by atoms with Crippen molar-refractivity contribution in [2.24, 2.45) is 11.3 Å². The van der Waals surface area contributed by atoms with Gasteiger partial charge in [-0.05, 0) is 62.1 Å². The van der Waals surface area contributed by atoms with E-state index in [9.17, 15) is 4.79 Å². The van der Waals surface area contributed by atoms with Gasteiger partial charge in [0.25, 0.3) is 5.91 Å². The number of hydrogen-bond donors (Lipinski definition) is 2. The number of hydrogen-bond acceptors (Lipinski definition) is 3. The van der Waals surface area contributed by atoms with Crippen molar-refractivity contribution in [3.05, 3.63) is 65.0 Å². The molecule has 3 aliphatic rings. The van der Waals surface area contributed by atoms with E-state index in [4.69, 9.17) is 0 Å². The van der Waals surface area contributed by atoms with Crippen LogP contribution in [-0.2, 0) is 13.0 Å². The monoisotopic (exact) mass is 390 g/mol. The molecule has 1 saturated carbocycles. The van der Waals surface area contributed by atoms with Crippen LogP contribution in [0.5, 0.6) is 0 Å². The van der Waals surface area contributed by atoms with Crippen LogP contribution in [0.4, 0.5) is 0 Å². The van der Waals surface area contributed by atoms with Gasteiger partial charge >= 0.3 is 0 Å². The number of amides is 1. The van der Waals surface area contributed by atoms with Crippen molar-refractivity contribution < 1.29 is 4.79 Å². The number of aromatic amines is 1. The Balaban J connectivity index is 1.36. The van der Waals surface area contributed by atoms with E-state index < -0.39 is 0 Å². The van der Waals surface area contributed by atoms with Gasteiger partial charge in [-0.1, -0.05) is 30.3 Å². The number of carbonyl (C=O) groups excluding carboxylic acids is 1. The zero-order chi connectivity index (χ0) is 20.0. The van der Waals surface area contributed by atoms with Crippen molar-refractivity contribution >= 4 is 5.91 Å². The average molecular weight is 391 g/mol. The summed E-state index contributed by atoms with van der Waals surface area (Å²) in [4.78, 5) is 15.4. The third-order valence-corrected chi connectivity index (χ3v) is 7.49. The van der Waals surface area contributed by atoms with Gasteiger partial charge in [0.1, 0.15) is 0 Å². The molecular formula is C24H30N4O. The highest BCUT2D eigenvalue weighted by molar-refractivity contribution is 5.94. The number of nitrogens with one attached hydrogen (secondary N) is 2. The molecule has 3 atom stereocenters. The molecule has 3 unspecified atom stereocenters. The maximum atomic E-state index is 13.4. The molecule has 1 aromatic heterocycles. The van der Waals surface area contributed by atoms with E-state index in [-0.39, 0.29) is 11.3 Å². The first kappa shape index (κ1) is 18.6. The minimum absolute atomic E-state index is 0.0219. The molecule has 2 fully saturated rings. The lowest BCUT2D eigenvalue weighted by molar-refractivity contribution is 0.0767. The molecule has 1 aliphatic carbocycles. The zero-order valence-corrected chi connectivity index (χ0v) is 17.2. The molecule has 5 heteroatoms. The highest BCUT2D eigenvalue weighted by Crippen LogP contribution is 2.55. The Hall–Kier alpha value is -2.40. The molecule has 3 heterocycles. The van der Waals surface area contributed by atoms with Gasteiger partial charge in [-0.2, -0.15) is 5.10 Å². The quantitative estimate of drug-likeness (QED) is 0.788. The maximum Gasteiger partial charge on any atom is 0.274 e. The summed E-state index contributed by atoms with van der Waals surface area (Å²) in [5.74, 6) is 1.11. The Bertz CT molecular complexity index is 948. The van der Waals surface area contributed by atoms with Crippen LogP contribution in [0, 0.1) is 18.3 Å². The lowest BCUT2D eigenvalue weighted by atomic mass is 9.80. The number of benzene rings is 1. The molecule has 2 aromatic rings. The second-order valence-electron chi connectivity index (χ2n) is 9.12. The summed E-state index contributed by atoms with van der Waals surface area (Å²) < 4.78 is 0. The van der Waals surface area contributed by atoms with Crippen LogP contribution < -0.4 is 5.32 Å². The summed E-state index contributed by atoms with van der Waals surface area (Å²) in [6.07, 6.45) is 6.38. The van der Waals surface area contributed by atoms with Crippen LogP contribution in [0.1, 0.15) is 58.1 Å². The standard InChI is InChI=1S/C24H30N4O/c1-3-24-12-17(19-8-5-4-7-16(19)2)11-18(24)14-28(15-24)23(29)22-20-13-25-10-6-9-21(20)26-27-22/h3-5,7-8,17-18,25H,1,6,9-15H2,2H3,(H,26,27). The zero-order valence-electron chi connectivity index (χ0n) is 17.2. The molecule has 1 amide bonds. The number of carbonyl (C=O) groups is 1. The summed E-state index contributed by atoms with van der Waals surface area (Å²) in [7, 11) is 0. The Kier molecular flexibility index (Phi) is 4.58. The number of nitrogens with zero attached hydrogens (tertiary/aromatic N) is 2. The summed E-state index contributed by atoms with van der Waals surface area (Å²) in [6.45, 7) is 9.69. The Morgan fingerprint density at radius 3 is 3.03 bits per heavy atom. The van der Waals surface area contributed by atoms with Gasteiger partial charge in [0.15, 0.2) is 5.69 Å². The Labute approximate surface area is 172 Å². The molecule has 0 radical (unpaired) electrons. The molecule has 0 spiro atoms.